The predicted molar refractivity (Wildman–Crippen MR) is 93.3 cm³/mol. The highest BCUT2D eigenvalue weighted by molar-refractivity contribution is 14.1. The third-order valence-corrected chi connectivity index (χ3v) is 4.93. The summed E-state index contributed by atoms with van der Waals surface area (Å²) in [5.41, 5.74) is 1.97. The molecule has 1 N–H and O–H groups in total. The molecule has 0 aliphatic rings. The average molecular weight is 440 g/mol. The molecule has 6 heteroatoms. The summed E-state index contributed by atoms with van der Waals surface area (Å²) in [5.74, 6) is -0.260. The molecule has 20 heavy (non-hydrogen) atoms. The lowest BCUT2D eigenvalue weighted by Gasteiger charge is -2.11. The molecular weight excluding hydrogens is 431 g/mol. The molecule has 1 amide bonds. The minimum Gasteiger partial charge on any atom is -0.319 e. The lowest BCUT2D eigenvalue weighted by Crippen LogP contribution is -2.14. The number of aryl methyl sites for hydroxylation is 1. The minimum atomic E-state index is -0.260. The molecule has 0 heterocycles. The Bertz CT molecular complexity index is 665. The van der Waals surface area contributed by atoms with Crippen molar-refractivity contribution in [2.75, 3.05) is 5.32 Å². The topological polar surface area (TPSA) is 29.1 Å². The van der Waals surface area contributed by atoms with E-state index in [-0.39, 0.29) is 5.91 Å². The van der Waals surface area contributed by atoms with E-state index in [4.69, 9.17) is 34.8 Å². The first kappa shape index (κ1) is 15.9. The highest BCUT2D eigenvalue weighted by atomic mass is 127. The van der Waals surface area contributed by atoms with Crippen LogP contribution in [0.4, 0.5) is 5.69 Å². The zero-order valence-corrected chi connectivity index (χ0v) is 14.7. The van der Waals surface area contributed by atoms with Gasteiger partial charge in [0.15, 0.2) is 0 Å². The minimum absolute atomic E-state index is 0.260. The standard InChI is InChI=1S/C14H9Cl3INO/c1-7-3-2-4-9(12(7)18)14(20)19-13-10(16)5-8(15)6-11(13)17/h2-6H,1H3,(H,19,20). The van der Waals surface area contributed by atoms with E-state index < -0.39 is 0 Å². The Morgan fingerprint density at radius 1 is 1.15 bits per heavy atom. The van der Waals surface area contributed by atoms with E-state index in [2.05, 4.69) is 27.9 Å². The van der Waals surface area contributed by atoms with Gasteiger partial charge in [-0.15, -0.1) is 0 Å². The molecule has 0 unspecified atom stereocenters. The Hall–Kier alpha value is -0.490. The van der Waals surface area contributed by atoms with Crippen molar-refractivity contribution in [1.29, 1.82) is 0 Å². The quantitative estimate of drug-likeness (QED) is 0.587. The van der Waals surface area contributed by atoms with Gasteiger partial charge in [0, 0.05) is 8.59 Å². The molecule has 0 atom stereocenters. The molecule has 0 radical (unpaired) electrons. The van der Waals surface area contributed by atoms with E-state index in [1.165, 1.54) is 12.1 Å². The molecule has 0 saturated heterocycles. The molecule has 0 bridgehead atoms. The van der Waals surface area contributed by atoms with E-state index in [1.807, 2.05) is 19.1 Å². The van der Waals surface area contributed by atoms with Crippen molar-refractivity contribution >= 4 is 69.0 Å². The van der Waals surface area contributed by atoms with E-state index in [1.54, 1.807) is 6.07 Å². The first-order valence-electron chi connectivity index (χ1n) is 5.61. The summed E-state index contributed by atoms with van der Waals surface area (Å²) >= 11 is 20.1. The highest BCUT2D eigenvalue weighted by Gasteiger charge is 2.15. The van der Waals surface area contributed by atoms with E-state index in [0.717, 1.165) is 9.13 Å². The zero-order chi connectivity index (χ0) is 14.9. The van der Waals surface area contributed by atoms with Crippen LogP contribution in [0.25, 0.3) is 0 Å². The van der Waals surface area contributed by atoms with Crippen LogP contribution in [0.5, 0.6) is 0 Å². The molecule has 0 aliphatic heterocycles. The van der Waals surface area contributed by atoms with Crippen molar-refractivity contribution in [2.45, 2.75) is 6.92 Å². The molecule has 2 aromatic rings. The van der Waals surface area contributed by atoms with Gasteiger partial charge in [0.2, 0.25) is 0 Å². The van der Waals surface area contributed by atoms with Crippen LogP contribution < -0.4 is 5.32 Å². The fraction of sp³-hybridized carbons (Fsp3) is 0.0714. The van der Waals surface area contributed by atoms with Gasteiger partial charge in [0.25, 0.3) is 5.91 Å². The molecular formula is C14H9Cl3INO. The summed E-state index contributed by atoms with van der Waals surface area (Å²) in [6.45, 7) is 1.95. The van der Waals surface area contributed by atoms with Gasteiger partial charge in [0.05, 0.1) is 21.3 Å². The summed E-state index contributed by atoms with van der Waals surface area (Å²) < 4.78 is 0.892. The maximum absolute atomic E-state index is 12.3. The molecule has 0 spiro atoms. The number of hydrogen-bond acceptors (Lipinski definition) is 1. The van der Waals surface area contributed by atoms with Crippen molar-refractivity contribution in [3.63, 3.8) is 0 Å². The highest BCUT2D eigenvalue weighted by Crippen LogP contribution is 2.34. The summed E-state index contributed by atoms with van der Waals surface area (Å²) in [6.07, 6.45) is 0. The van der Waals surface area contributed by atoms with E-state index in [9.17, 15) is 4.79 Å². The Kier molecular flexibility index (Phi) is 5.18. The van der Waals surface area contributed by atoms with Crippen molar-refractivity contribution in [1.82, 2.24) is 0 Å². The monoisotopic (exact) mass is 439 g/mol. The van der Waals surface area contributed by atoms with Crippen LogP contribution in [0, 0.1) is 10.5 Å². The van der Waals surface area contributed by atoms with Crippen LogP contribution >= 0.6 is 57.4 Å². The SMILES string of the molecule is Cc1cccc(C(=O)Nc2c(Cl)cc(Cl)cc2Cl)c1I. The van der Waals surface area contributed by atoms with Gasteiger partial charge in [-0.05, 0) is 53.3 Å². The summed E-state index contributed by atoms with van der Waals surface area (Å²) in [4.78, 5) is 12.3. The van der Waals surface area contributed by atoms with Gasteiger partial charge in [-0.2, -0.15) is 0 Å². The number of carbonyl (C=O) groups excluding carboxylic acids is 1. The normalized spacial score (nSPS) is 10.4. The van der Waals surface area contributed by atoms with Gasteiger partial charge in [0.1, 0.15) is 0 Å². The number of halogens is 4. The van der Waals surface area contributed by atoms with Crippen molar-refractivity contribution in [2.24, 2.45) is 0 Å². The van der Waals surface area contributed by atoms with Crippen LogP contribution in [-0.4, -0.2) is 5.91 Å². The van der Waals surface area contributed by atoms with Crippen LogP contribution in [0.3, 0.4) is 0 Å². The maximum atomic E-state index is 12.3. The third-order valence-electron chi connectivity index (χ3n) is 2.68. The molecule has 2 aromatic carbocycles. The Balaban J connectivity index is 2.36. The van der Waals surface area contributed by atoms with Crippen LogP contribution in [-0.2, 0) is 0 Å². The average Bonchev–Trinajstić information content (AvgIpc) is 2.36. The summed E-state index contributed by atoms with van der Waals surface area (Å²) in [7, 11) is 0. The molecule has 2 nitrogen and oxygen atoms in total. The van der Waals surface area contributed by atoms with Crippen LogP contribution in [0.2, 0.25) is 15.1 Å². The van der Waals surface area contributed by atoms with Crippen molar-refractivity contribution < 1.29 is 4.79 Å². The van der Waals surface area contributed by atoms with Crippen molar-refractivity contribution in [3.8, 4) is 0 Å². The maximum Gasteiger partial charge on any atom is 0.256 e. The first-order valence-corrected chi connectivity index (χ1v) is 7.82. The lowest BCUT2D eigenvalue weighted by molar-refractivity contribution is 0.102. The second kappa shape index (κ2) is 6.52. The van der Waals surface area contributed by atoms with E-state index in [0.29, 0.717) is 26.3 Å². The second-order valence-electron chi connectivity index (χ2n) is 4.14. The molecule has 104 valence electrons. The smallest absolute Gasteiger partial charge is 0.256 e. The lowest BCUT2D eigenvalue weighted by atomic mass is 10.1. The van der Waals surface area contributed by atoms with Gasteiger partial charge in [-0.3, -0.25) is 4.79 Å². The van der Waals surface area contributed by atoms with Gasteiger partial charge in [-0.1, -0.05) is 46.9 Å². The number of hydrogen-bond donors (Lipinski definition) is 1. The summed E-state index contributed by atoms with van der Waals surface area (Å²) in [6, 6.07) is 8.59. The van der Waals surface area contributed by atoms with Gasteiger partial charge >= 0.3 is 0 Å². The second-order valence-corrected chi connectivity index (χ2v) is 6.46. The number of benzene rings is 2. The fourth-order valence-corrected chi connectivity index (χ4v) is 3.18. The van der Waals surface area contributed by atoms with Crippen LogP contribution in [0.15, 0.2) is 30.3 Å². The predicted octanol–water partition coefficient (Wildman–Crippen LogP) is 5.81. The van der Waals surface area contributed by atoms with Gasteiger partial charge < -0.3 is 5.32 Å². The van der Waals surface area contributed by atoms with Crippen molar-refractivity contribution in [3.05, 3.63) is 60.1 Å². The Labute approximate surface area is 145 Å². The van der Waals surface area contributed by atoms with Crippen LogP contribution in [0.1, 0.15) is 15.9 Å². The number of rotatable bonds is 2. The number of anilines is 1. The molecule has 0 aromatic heterocycles. The first-order chi connectivity index (χ1) is 9.40. The van der Waals surface area contributed by atoms with E-state index >= 15 is 0 Å². The largest absolute Gasteiger partial charge is 0.319 e. The molecule has 2 rings (SSSR count). The molecule has 0 aliphatic carbocycles. The van der Waals surface area contributed by atoms with Gasteiger partial charge in [-0.25, -0.2) is 0 Å². The molecule has 0 fully saturated rings. The zero-order valence-electron chi connectivity index (χ0n) is 10.3. The Morgan fingerprint density at radius 3 is 2.35 bits per heavy atom. The summed E-state index contributed by atoms with van der Waals surface area (Å²) in [5, 5.41) is 3.75. The Morgan fingerprint density at radius 2 is 1.75 bits per heavy atom. The fourth-order valence-electron chi connectivity index (χ4n) is 1.67. The number of carbonyl (C=O) groups is 1. The number of amides is 1. The number of nitrogens with one attached hydrogen (secondary N) is 1. The molecule has 0 saturated carbocycles. The third kappa shape index (κ3) is 3.39.